The van der Waals surface area contributed by atoms with Crippen molar-refractivity contribution in [1.29, 1.82) is 0 Å². The summed E-state index contributed by atoms with van der Waals surface area (Å²) in [5.74, 6) is 2.37. The SMILES string of the molecule is COc1ccccc1Oc1cccc(CN2CC[C@H](NC(=O)C3(c4ccc(Cl)cc4)CCCCC3)C2)c1. The number of hydrogen-bond acceptors (Lipinski definition) is 4. The van der Waals surface area contributed by atoms with E-state index in [9.17, 15) is 4.79 Å². The van der Waals surface area contributed by atoms with Gasteiger partial charge in [-0.15, -0.1) is 0 Å². The van der Waals surface area contributed by atoms with Crippen LogP contribution in [0.1, 0.15) is 49.7 Å². The molecule has 2 fully saturated rings. The molecule has 5 rings (SSSR count). The highest BCUT2D eigenvalue weighted by Gasteiger charge is 2.42. The Labute approximate surface area is 224 Å². The first kappa shape index (κ1) is 25.6. The van der Waals surface area contributed by atoms with Gasteiger partial charge in [-0.25, -0.2) is 0 Å². The number of nitrogens with one attached hydrogen (secondary N) is 1. The molecule has 0 radical (unpaired) electrons. The largest absolute Gasteiger partial charge is 0.493 e. The van der Waals surface area contributed by atoms with Gasteiger partial charge in [0.1, 0.15) is 5.75 Å². The molecule has 0 unspecified atom stereocenters. The lowest BCUT2D eigenvalue weighted by Gasteiger charge is -2.37. The van der Waals surface area contributed by atoms with Gasteiger partial charge in [-0.2, -0.15) is 0 Å². The second kappa shape index (κ2) is 11.6. The summed E-state index contributed by atoms with van der Waals surface area (Å²) in [5.41, 5.74) is 1.83. The number of methoxy groups -OCH3 is 1. The van der Waals surface area contributed by atoms with Crippen LogP contribution in [0.25, 0.3) is 0 Å². The Bertz CT molecular complexity index is 1210. The van der Waals surface area contributed by atoms with E-state index in [1.165, 1.54) is 12.0 Å². The minimum absolute atomic E-state index is 0.159. The van der Waals surface area contributed by atoms with E-state index < -0.39 is 5.41 Å². The van der Waals surface area contributed by atoms with Crippen molar-refractivity contribution in [2.45, 2.75) is 56.5 Å². The van der Waals surface area contributed by atoms with Crippen LogP contribution in [0.2, 0.25) is 5.02 Å². The molecule has 6 heteroatoms. The molecule has 194 valence electrons. The zero-order valence-corrected chi connectivity index (χ0v) is 22.2. The highest BCUT2D eigenvalue weighted by molar-refractivity contribution is 6.30. The highest BCUT2D eigenvalue weighted by atomic mass is 35.5. The lowest BCUT2D eigenvalue weighted by molar-refractivity contribution is -0.128. The van der Waals surface area contributed by atoms with E-state index in [-0.39, 0.29) is 11.9 Å². The fourth-order valence-corrected chi connectivity index (χ4v) is 5.91. The summed E-state index contributed by atoms with van der Waals surface area (Å²) in [6.45, 7) is 2.62. The second-order valence-electron chi connectivity index (χ2n) is 10.2. The van der Waals surface area contributed by atoms with E-state index in [0.29, 0.717) is 16.5 Å². The molecular weight excluding hydrogens is 484 g/mol. The van der Waals surface area contributed by atoms with Gasteiger partial charge in [-0.1, -0.05) is 67.3 Å². The molecule has 1 aliphatic carbocycles. The van der Waals surface area contributed by atoms with Crippen molar-refractivity contribution in [2.24, 2.45) is 0 Å². The van der Waals surface area contributed by atoms with E-state index in [0.717, 1.165) is 63.1 Å². The topological polar surface area (TPSA) is 50.8 Å². The van der Waals surface area contributed by atoms with Crippen molar-refractivity contribution < 1.29 is 14.3 Å². The van der Waals surface area contributed by atoms with Gasteiger partial charge >= 0.3 is 0 Å². The Hall–Kier alpha value is -3.02. The Balaban J connectivity index is 1.21. The van der Waals surface area contributed by atoms with Gasteiger partial charge in [0.25, 0.3) is 0 Å². The predicted molar refractivity (Wildman–Crippen MR) is 148 cm³/mol. The van der Waals surface area contributed by atoms with Crippen molar-refractivity contribution in [1.82, 2.24) is 10.2 Å². The minimum atomic E-state index is -0.444. The van der Waals surface area contributed by atoms with E-state index >= 15 is 0 Å². The summed E-state index contributed by atoms with van der Waals surface area (Å²) in [7, 11) is 1.65. The number of hydrogen-bond donors (Lipinski definition) is 1. The summed E-state index contributed by atoms with van der Waals surface area (Å²) in [6, 6.07) is 23.9. The molecule has 3 aromatic rings. The molecule has 0 spiro atoms. The third kappa shape index (κ3) is 5.94. The summed E-state index contributed by atoms with van der Waals surface area (Å²) < 4.78 is 11.5. The van der Waals surface area contributed by atoms with Crippen molar-refractivity contribution in [3.05, 3.63) is 88.9 Å². The Morgan fingerprint density at radius 3 is 2.51 bits per heavy atom. The first-order valence-corrected chi connectivity index (χ1v) is 13.6. The Morgan fingerprint density at radius 2 is 1.76 bits per heavy atom. The minimum Gasteiger partial charge on any atom is -0.493 e. The monoisotopic (exact) mass is 518 g/mol. The van der Waals surface area contributed by atoms with Gasteiger partial charge in [0.05, 0.1) is 12.5 Å². The lowest BCUT2D eigenvalue weighted by atomic mass is 9.68. The van der Waals surface area contributed by atoms with Crippen LogP contribution in [-0.4, -0.2) is 37.0 Å². The summed E-state index contributed by atoms with van der Waals surface area (Å²) >= 11 is 6.14. The summed E-state index contributed by atoms with van der Waals surface area (Å²) in [6.07, 6.45) is 6.12. The van der Waals surface area contributed by atoms with Crippen molar-refractivity contribution in [3.8, 4) is 17.2 Å². The normalized spacial score (nSPS) is 19.4. The molecule has 0 bridgehead atoms. The molecule has 0 aromatic heterocycles. The van der Waals surface area contributed by atoms with Gasteiger partial charge < -0.3 is 14.8 Å². The van der Waals surface area contributed by atoms with Crippen LogP contribution in [0.15, 0.2) is 72.8 Å². The number of benzene rings is 3. The van der Waals surface area contributed by atoms with E-state index in [4.69, 9.17) is 21.1 Å². The molecule has 37 heavy (non-hydrogen) atoms. The number of carbonyl (C=O) groups excluding carboxylic acids is 1. The van der Waals surface area contributed by atoms with Gasteiger partial charge in [-0.05, 0) is 66.8 Å². The van der Waals surface area contributed by atoms with Crippen LogP contribution in [0.3, 0.4) is 0 Å². The maximum Gasteiger partial charge on any atom is 0.230 e. The number of nitrogens with zero attached hydrogens (tertiary/aromatic N) is 1. The fraction of sp³-hybridized carbons (Fsp3) is 0.387. The molecule has 3 aromatic carbocycles. The van der Waals surface area contributed by atoms with Crippen LogP contribution < -0.4 is 14.8 Å². The molecular formula is C31H35ClN2O3. The maximum atomic E-state index is 13.7. The van der Waals surface area contributed by atoms with Gasteiger partial charge in [0.15, 0.2) is 11.5 Å². The van der Waals surface area contributed by atoms with Crippen LogP contribution in [0.4, 0.5) is 0 Å². The number of rotatable bonds is 8. The quantitative estimate of drug-likeness (QED) is 0.359. The number of ether oxygens (including phenoxy) is 2. The maximum absolute atomic E-state index is 13.7. The lowest BCUT2D eigenvalue weighted by Crippen LogP contribution is -2.50. The van der Waals surface area contributed by atoms with E-state index in [2.05, 4.69) is 22.3 Å². The van der Waals surface area contributed by atoms with Gasteiger partial charge in [-0.3, -0.25) is 9.69 Å². The Morgan fingerprint density at radius 1 is 1.00 bits per heavy atom. The highest BCUT2D eigenvalue weighted by Crippen LogP contribution is 2.40. The molecule has 1 amide bonds. The standard InChI is InChI=1S/C31H35ClN2O3/c1-36-28-10-3-4-11-29(28)37-27-9-7-8-23(20-27)21-34-19-16-26(22-34)33-30(35)31(17-5-2-6-18-31)24-12-14-25(32)15-13-24/h3-4,7-15,20,26H,2,5-6,16-19,21-22H2,1H3,(H,33,35)/t26-/m0/s1. The first-order chi connectivity index (χ1) is 18.1. The third-order valence-electron chi connectivity index (χ3n) is 7.75. The molecule has 1 saturated heterocycles. The number of carbonyl (C=O) groups is 1. The molecule has 1 atom stereocenters. The zero-order chi connectivity index (χ0) is 25.7. The second-order valence-corrected chi connectivity index (χ2v) is 10.7. The number of likely N-dealkylation sites (tertiary alicyclic amines) is 1. The van der Waals surface area contributed by atoms with Crippen LogP contribution >= 0.6 is 11.6 Å². The van der Waals surface area contributed by atoms with Crippen LogP contribution in [0, 0.1) is 0 Å². The third-order valence-corrected chi connectivity index (χ3v) is 8.00. The number of halogens is 1. The van der Waals surface area contributed by atoms with Gasteiger partial charge in [0.2, 0.25) is 5.91 Å². The molecule has 2 aliphatic rings. The molecule has 1 heterocycles. The van der Waals surface area contributed by atoms with Crippen molar-refractivity contribution in [2.75, 3.05) is 20.2 Å². The summed E-state index contributed by atoms with van der Waals surface area (Å²) in [5, 5.41) is 4.13. The average Bonchev–Trinajstić information content (AvgIpc) is 3.36. The molecule has 1 saturated carbocycles. The van der Waals surface area contributed by atoms with Crippen LogP contribution in [-0.2, 0) is 16.8 Å². The smallest absolute Gasteiger partial charge is 0.230 e. The van der Waals surface area contributed by atoms with E-state index in [1.54, 1.807) is 7.11 Å². The van der Waals surface area contributed by atoms with Crippen molar-refractivity contribution >= 4 is 17.5 Å². The number of para-hydroxylation sites is 2. The number of amides is 1. The average molecular weight is 519 g/mol. The molecule has 1 N–H and O–H groups in total. The van der Waals surface area contributed by atoms with Crippen molar-refractivity contribution in [3.63, 3.8) is 0 Å². The van der Waals surface area contributed by atoms with Gasteiger partial charge in [0, 0.05) is 30.7 Å². The van der Waals surface area contributed by atoms with E-state index in [1.807, 2.05) is 60.7 Å². The first-order valence-electron chi connectivity index (χ1n) is 13.2. The fourth-order valence-electron chi connectivity index (χ4n) is 5.78. The molecule has 5 nitrogen and oxygen atoms in total. The Kier molecular flexibility index (Phi) is 8.02. The van der Waals surface area contributed by atoms with Crippen LogP contribution in [0.5, 0.6) is 17.2 Å². The predicted octanol–water partition coefficient (Wildman–Crippen LogP) is 6.73. The zero-order valence-electron chi connectivity index (χ0n) is 21.4. The molecule has 1 aliphatic heterocycles. The summed E-state index contributed by atoms with van der Waals surface area (Å²) in [4.78, 5) is 16.1.